The van der Waals surface area contributed by atoms with Gasteiger partial charge in [0.15, 0.2) is 11.5 Å². The van der Waals surface area contributed by atoms with Crippen LogP contribution in [-0.4, -0.2) is 27.1 Å². The molecule has 4 aromatic rings. The van der Waals surface area contributed by atoms with E-state index < -0.39 is 0 Å². The molecule has 1 aromatic carbocycles. The van der Waals surface area contributed by atoms with Gasteiger partial charge in [0.1, 0.15) is 0 Å². The summed E-state index contributed by atoms with van der Waals surface area (Å²) in [6.45, 7) is 0.585. The van der Waals surface area contributed by atoms with E-state index in [0.29, 0.717) is 18.1 Å². The number of benzene rings is 1. The molecule has 0 unspecified atom stereocenters. The van der Waals surface area contributed by atoms with E-state index in [9.17, 15) is 4.79 Å². The molecule has 0 saturated heterocycles. The lowest BCUT2D eigenvalue weighted by atomic mass is 10.2. The first kappa shape index (κ1) is 16.3. The fourth-order valence-corrected chi connectivity index (χ4v) is 3.23. The van der Waals surface area contributed by atoms with E-state index in [2.05, 4.69) is 15.3 Å². The van der Waals surface area contributed by atoms with Crippen LogP contribution in [-0.2, 0) is 6.54 Å². The molecule has 4 heterocycles. The van der Waals surface area contributed by atoms with Crippen LogP contribution in [0.5, 0.6) is 11.5 Å². The molecule has 0 bridgehead atoms. The molecule has 0 fully saturated rings. The Kier molecular flexibility index (Phi) is 3.90. The number of nitrogens with zero attached hydrogens (tertiary/aromatic N) is 3. The van der Waals surface area contributed by atoms with Crippen molar-refractivity contribution in [1.29, 1.82) is 0 Å². The third kappa shape index (κ3) is 2.83. The lowest BCUT2D eigenvalue weighted by Gasteiger charge is -2.06. The molecule has 0 saturated carbocycles. The lowest BCUT2D eigenvalue weighted by molar-refractivity contribution is 0.0940. The zero-order valence-corrected chi connectivity index (χ0v) is 14.8. The summed E-state index contributed by atoms with van der Waals surface area (Å²) in [5, 5.41) is 2.93. The summed E-state index contributed by atoms with van der Waals surface area (Å²) in [6.07, 6.45) is 5.28. The molecule has 3 aromatic heterocycles. The van der Waals surface area contributed by atoms with Crippen molar-refractivity contribution in [3.8, 4) is 22.8 Å². The minimum absolute atomic E-state index is 0.225. The highest BCUT2D eigenvalue weighted by atomic mass is 16.7. The van der Waals surface area contributed by atoms with Gasteiger partial charge in [0.25, 0.3) is 5.91 Å². The Morgan fingerprint density at radius 3 is 2.93 bits per heavy atom. The fourth-order valence-electron chi connectivity index (χ4n) is 3.23. The maximum absolute atomic E-state index is 12.8. The summed E-state index contributed by atoms with van der Waals surface area (Å²) in [4.78, 5) is 21.6. The van der Waals surface area contributed by atoms with Crippen molar-refractivity contribution in [2.24, 2.45) is 0 Å². The Balaban J connectivity index is 1.43. The standard InChI is InChI=1S/C21H16N4O3/c26-21(23-11-14-6-7-17-18(10-14)28-13-27-17)20-24-19(15-4-3-8-22-12-15)16-5-1-2-9-25(16)20/h1-10,12H,11,13H2,(H,23,26). The van der Waals surface area contributed by atoms with Gasteiger partial charge in [-0.25, -0.2) is 4.98 Å². The van der Waals surface area contributed by atoms with Crippen molar-refractivity contribution in [2.75, 3.05) is 6.79 Å². The summed E-state index contributed by atoms with van der Waals surface area (Å²) in [7, 11) is 0. The number of amides is 1. The van der Waals surface area contributed by atoms with Crippen LogP contribution >= 0.6 is 0 Å². The molecule has 1 amide bonds. The Labute approximate surface area is 160 Å². The second kappa shape index (κ2) is 6.70. The van der Waals surface area contributed by atoms with E-state index in [0.717, 1.165) is 28.1 Å². The number of hydrogen-bond donors (Lipinski definition) is 1. The van der Waals surface area contributed by atoms with Crippen LogP contribution in [0.2, 0.25) is 0 Å². The zero-order valence-electron chi connectivity index (χ0n) is 14.8. The number of carbonyl (C=O) groups is 1. The van der Waals surface area contributed by atoms with Gasteiger partial charge in [-0.05, 0) is 42.0 Å². The second-order valence-corrected chi connectivity index (χ2v) is 6.35. The van der Waals surface area contributed by atoms with Gasteiger partial charge in [-0.1, -0.05) is 12.1 Å². The van der Waals surface area contributed by atoms with E-state index >= 15 is 0 Å². The summed E-state index contributed by atoms with van der Waals surface area (Å²) in [5.74, 6) is 1.48. The van der Waals surface area contributed by atoms with Crippen LogP contribution < -0.4 is 14.8 Å². The van der Waals surface area contributed by atoms with Crippen molar-refractivity contribution in [3.63, 3.8) is 0 Å². The monoisotopic (exact) mass is 372 g/mol. The Morgan fingerprint density at radius 2 is 2.04 bits per heavy atom. The number of ether oxygens (including phenoxy) is 2. The quantitative estimate of drug-likeness (QED) is 0.596. The van der Waals surface area contributed by atoms with E-state index in [1.165, 1.54) is 0 Å². The number of nitrogens with one attached hydrogen (secondary N) is 1. The van der Waals surface area contributed by atoms with Gasteiger partial charge >= 0.3 is 0 Å². The zero-order chi connectivity index (χ0) is 18.9. The van der Waals surface area contributed by atoms with Gasteiger partial charge in [0.2, 0.25) is 12.6 Å². The minimum atomic E-state index is -0.256. The van der Waals surface area contributed by atoms with Crippen molar-refractivity contribution < 1.29 is 14.3 Å². The molecule has 1 aliphatic rings. The van der Waals surface area contributed by atoms with Crippen LogP contribution in [0, 0.1) is 0 Å². The van der Waals surface area contributed by atoms with Crippen LogP contribution in [0.4, 0.5) is 0 Å². The van der Waals surface area contributed by atoms with E-state index in [4.69, 9.17) is 9.47 Å². The first-order chi connectivity index (χ1) is 13.8. The molecular formula is C21H16N4O3. The molecular weight excluding hydrogens is 356 g/mol. The number of fused-ring (bicyclic) bond motifs is 2. The average Bonchev–Trinajstić information content (AvgIpc) is 3.37. The van der Waals surface area contributed by atoms with Gasteiger partial charge in [0, 0.05) is 30.7 Å². The molecule has 7 nitrogen and oxygen atoms in total. The molecule has 0 aliphatic carbocycles. The van der Waals surface area contributed by atoms with Gasteiger partial charge in [-0.15, -0.1) is 0 Å². The molecule has 138 valence electrons. The molecule has 0 atom stereocenters. The van der Waals surface area contributed by atoms with Gasteiger partial charge < -0.3 is 14.8 Å². The highest BCUT2D eigenvalue weighted by molar-refractivity contribution is 5.94. The SMILES string of the molecule is O=C(NCc1ccc2c(c1)OCO2)c1nc(-c2cccnc2)c2ccccn12. The second-order valence-electron chi connectivity index (χ2n) is 6.35. The number of rotatable bonds is 4. The number of hydrogen-bond acceptors (Lipinski definition) is 5. The summed E-state index contributed by atoms with van der Waals surface area (Å²) < 4.78 is 12.5. The Bertz CT molecular complexity index is 1170. The van der Waals surface area contributed by atoms with Gasteiger partial charge in [-0.2, -0.15) is 0 Å². The van der Waals surface area contributed by atoms with Crippen LogP contribution in [0.25, 0.3) is 16.8 Å². The number of pyridine rings is 2. The Hall–Kier alpha value is -3.87. The molecule has 1 N–H and O–H groups in total. The highest BCUT2D eigenvalue weighted by Gasteiger charge is 2.19. The summed E-state index contributed by atoms with van der Waals surface area (Å²) in [5.41, 5.74) is 3.36. The van der Waals surface area contributed by atoms with E-state index in [1.807, 2.05) is 54.7 Å². The number of carbonyl (C=O) groups excluding carboxylic acids is 1. The Morgan fingerprint density at radius 1 is 1.11 bits per heavy atom. The van der Waals surface area contributed by atoms with Crippen LogP contribution in [0.15, 0.2) is 67.1 Å². The maximum Gasteiger partial charge on any atom is 0.287 e. The van der Waals surface area contributed by atoms with Crippen molar-refractivity contribution in [1.82, 2.24) is 19.7 Å². The molecule has 5 rings (SSSR count). The predicted octanol–water partition coefficient (Wildman–Crippen LogP) is 3.06. The van der Waals surface area contributed by atoms with Crippen molar-refractivity contribution in [3.05, 3.63) is 78.5 Å². The normalized spacial score (nSPS) is 12.3. The topological polar surface area (TPSA) is 77.8 Å². The third-order valence-corrected chi connectivity index (χ3v) is 4.58. The van der Waals surface area contributed by atoms with Gasteiger partial charge in [-0.3, -0.25) is 14.2 Å². The first-order valence-corrected chi connectivity index (χ1v) is 8.84. The van der Waals surface area contributed by atoms with Crippen LogP contribution in [0.3, 0.4) is 0 Å². The average molecular weight is 372 g/mol. The predicted molar refractivity (Wildman–Crippen MR) is 102 cm³/mol. The largest absolute Gasteiger partial charge is 0.454 e. The lowest BCUT2D eigenvalue weighted by Crippen LogP contribution is -2.25. The maximum atomic E-state index is 12.8. The molecule has 0 radical (unpaired) electrons. The van der Waals surface area contributed by atoms with E-state index in [1.54, 1.807) is 16.8 Å². The minimum Gasteiger partial charge on any atom is -0.454 e. The first-order valence-electron chi connectivity index (χ1n) is 8.84. The number of aromatic nitrogens is 3. The number of imidazole rings is 1. The summed E-state index contributed by atoms with van der Waals surface area (Å²) >= 11 is 0. The molecule has 1 aliphatic heterocycles. The smallest absolute Gasteiger partial charge is 0.287 e. The van der Waals surface area contributed by atoms with Crippen LogP contribution in [0.1, 0.15) is 16.2 Å². The van der Waals surface area contributed by atoms with Crippen molar-refractivity contribution in [2.45, 2.75) is 6.54 Å². The summed E-state index contributed by atoms with van der Waals surface area (Å²) in [6, 6.07) is 15.1. The highest BCUT2D eigenvalue weighted by Crippen LogP contribution is 2.32. The third-order valence-electron chi connectivity index (χ3n) is 4.58. The fraction of sp³-hybridized carbons (Fsp3) is 0.0952. The molecule has 28 heavy (non-hydrogen) atoms. The van der Waals surface area contributed by atoms with E-state index in [-0.39, 0.29) is 12.7 Å². The van der Waals surface area contributed by atoms with Crippen molar-refractivity contribution >= 4 is 11.4 Å². The van der Waals surface area contributed by atoms with Gasteiger partial charge in [0.05, 0.1) is 11.2 Å². The molecule has 7 heteroatoms. The molecule has 0 spiro atoms.